The summed E-state index contributed by atoms with van der Waals surface area (Å²) in [6.07, 6.45) is 0.344. The summed E-state index contributed by atoms with van der Waals surface area (Å²) in [5.41, 5.74) is -0.690. The Balaban J connectivity index is 1.73. The van der Waals surface area contributed by atoms with Crippen molar-refractivity contribution in [3.63, 3.8) is 0 Å². The van der Waals surface area contributed by atoms with Crippen molar-refractivity contribution in [3.8, 4) is 0 Å². The second-order valence-electron chi connectivity index (χ2n) is 7.18. The summed E-state index contributed by atoms with van der Waals surface area (Å²) in [5.74, 6) is -1.47. The zero-order valence-corrected chi connectivity index (χ0v) is 16.3. The van der Waals surface area contributed by atoms with Crippen LogP contribution in [0.2, 0.25) is 0 Å². The molecule has 2 amide bonds. The van der Waals surface area contributed by atoms with Crippen molar-refractivity contribution in [1.29, 1.82) is 0 Å². The quantitative estimate of drug-likeness (QED) is 0.395. The van der Waals surface area contributed by atoms with Gasteiger partial charge in [0.15, 0.2) is 0 Å². The number of rotatable bonds is 7. The van der Waals surface area contributed by atoms with E-state index in [-0.39, 0.29) is 19.1 Å². The Morgan fingerprint density at radius 1 is 1.18 bits per heavy atom. The van der Waals surface area contributed by atoms with Crippen LogP contribution in [0.5, 0.6) is 0 Å². The van der Waals surface area contributed by atoms with E-state index in [1.165, 1.54) is 0 Å². The van der Waals surface area contributed by atoms with Gasteiger partial charge in [0.1, 0.15) is 6.04 Å². The number of hydrogen-bond donors (Lipinski definition) is 1. The third-order valence-corrected chi connectivity index (χ3v) is 5.11. The summed E-state index contributed by atoms with van der Waals surface area (Å²) in [7, 11) is 2.01. The third kappa shape index (κ3) is 4.51. The number of benzene rings is 1. The molecule has 1 aromatic carbocycles. The number of amides is 2. The Kier molecular flexibility index (Phi) is 6.31. The van der Waals surface area contributed by atoms with Crippen LogP contribution in [0.1, 0.15) is 12.5 Å². The van der Waals surface area contributed by atoms with Crippen molar-refractivity contribution in [2.75, 3.05) is 46.4 Å². The molecule has 0 unspecified atom stereocenters. The molecular formula is C20H27N3O5. The monoisotopic (exact) mass is 389 g/mol. The van der Waals surface area contributed by atoms with E-state index in [0.717, 1.165) is 18.7 Å². The lowest BCUT2D eigenvalue weighted by molar-refractivity contribution is -0.155. The van der Waals surface area contributed by atoms with Crippen LogP contribution in [0.25, 0.3) is 0 Å². The van der Waals surface area contributed by atoms with E-state index >= 15 is 0 Å². The fourth-order valence-electron chi connectivity index (χ4n) is 3.23. The fourth-order valence-corrected chi connectivity index (χ4v) is 3.23. The lowest BCUT2D eigenvalue weighted by Gasteiger charge is -2.35. The number of ether oxygens (including phenoxy) is 2. The second-order valence-corrected chi connectivity index (χ2v) is 7.18. The first-order chi connectivity index (χ1) is 13.5. The minimum absolute atomic E-state index is 0.0293. The van der Waals surface area contributed by atoms with E-state index in [4.69, 9.17) is 9.47 Å². The van der Waals surface area contributed by atoms with E-state index in [9.17, 15) is 14.4 Å². The maximum absolute atomic E-state index is 13.1. The van der Waals surface area contributed by atoms with Crippen LogP contribution >= 0.6 is 0 Å². The predicted molar refractivity (Wildman–Crippen MR) is 101 cm³/mol. The van der Waals surface area contributed by atoms with Gasteiger partial charge < -0.3 is 24.6 Å². The summed E-state index contributed by atoms with van der Waals surface area (Å²) < 4.78 is 10.1. The largest absolute Gasteiger partial charge is 0.463 e. The van der Waals surface area contributed by atoms with E-state index < -0.39 is 23.5 Å². The molecular weight excluding hydrogens is 362 g/mol. The molecule has 2 heterocycles. The lowest BCUT2D eigenvalue weighted by atomic mass is 10.0. The molecule has 2 aliphatic rings. The van der Waals surface area contributed by atoms with Crippen molar-refractivity contribution in [2.45, 2.75) is 25.0 Å². The summed E-state index contributed by atoms with van der Waals surface area (Å²) in [4.78, 5) is 41.9. The number of carbonyl (C=O) groups is 3. The van der Waals surface area contributed by atoms with Crippen LogP contribution in [0.15, 0.2) is 30.3 Å². The molecule has 152 valence electrons. The maximum Gasteiger partial charge on any atom is 0.350 e. The van der Waals surface area contributed by atoms with Gasteiger partial charge in [-0.15, -0.1) is 0 Å². The molecule has 1 aromatic rings. The van der Waals surface area contributed by atoms with Crippen molar-refractivity contribution in [1.82, 2.24) is 15.1 Å². The maximum atomic E-state index is 13.1. The van der Waals surface area contributed by atoms with Crippen LogP contribution < -0.4 is 5.32 Å². The van der Waals surface area contributed by atoms with Crippen molar-refractivity contribution < 1.29 is 23.9 Å². The van der Waals surface area contributed by atoms with Gasteiger partial charge in [0.05, 0.1) is 13.2 Å². The number of likely N-dealkylation sites (N-methyl/N-ethyl adjacent to an activating group) is 1. The highest BCUT2D eigenvalue weighted by molar-refractivity contribution is 6.10. The first-order valence-electron chi connectivity index (χ1n) is 9.59. The smallest absolute Gasteiger partial charge is 0.350 e. The number of nitrogens with one attached hydrogen (secondary N) is 1. The molecule has 2 atom stereocenters. The second kappa shape index (κ2) is 8.70. The summed E-state index contributed by atoms with van der Waals surface area (Å²) in [5, 5.41) is 2.75. The van der Waals surface area contributed by atoms with Crippen LogP contribution in [-0.4, -0.2) is 85.7 Å². The Labute approximate surface area is 164 Å². The van der Waals surface area contributed by atoms with E-state index in [0.29, 0.717) is 19.5 Å². The van der Waals surface area contributed by atoms with Gasteiger partial charge in [0.2, 0.25) is 5.91 Å². The summed E-state index contributed by atoms with van der Waals surface area (Å²) in [6.45, 7) is 4.58. The third-order valence-electron chi connectivity index (χ3n) is 5.11. The molecule has 2 saturated heterocycles. The molecule has 0 aromatic heterocycles. The van der Waals surface area contributed by atoms with Crippen LogP contribution in [-0.2, 0) is 30.3 Å². The Morgan fingerprint density at radius 3 is 2.39 bits per heavy atom. The topological polar surface area (TPSA) is 91.5 Å². The van der Waals surface area contributed by atoms with Gasteiger partial charge >= 0.3 is 5.97 Å². The highest BCUT2D eigenvalue weighted by Gasteiger charge is 2.61. The molecule has 0 bridgehead atoms. The highest BCUT2D eigenvalue weighted by Crippen LogP contribution is 2.29. The van der Waals surface area contributed by atoms with Gasteiger partial charge in [0, 0.05) is 32.6 Å². The Bertz CT molecular complexity index is 712. The molecule has 3 rings (SSSR count). The van der Waals surface area contributed by atoms with Crippen molar-refractivity contribution in [2.24, 2.45) is 0 Å². The zero-order valence-electron chi connectivity index (χ0n) is 16.3. The van der Waals surface area contributed by atoms with Gasteiger partial charge in [-0.3, -0.25) is 9.59 Å². The summed E-state index contributed by atoms with van der Waals surface area (Å²) >= 11 is 0. The highest BCUT2D eigenvalue weighted by atomic mass is 16.6. The molecule has 28 heavy (non-hydrogen) atoms. The SMILES string of the molecule is CCOC(=O)[C@@]1(C(=O)N[C@@H](Cc2ccccc2)C(=O)N2CCN(C)CC2)CO1. The van der Waals surface area contributed by atoms with Gasteiger partial charge in [-0.2, -0.15) is 0 Å². The van der Waals surface area contributed by atoms with Gasteiger partial charge in [-0.25, -0.2) is 4.79 Å². The molecule has 8 nitrogen and oxygen atoms in total. The zero-order chi connectivity index (χ0) is 20.1. The average molecular weight is 389 g/mol. The molecule has 1 N–H and O–H groups in total. The van der Waals surface area contributed by atoms with Crippen LogP contribution in [0.3, 0.4) is 0 Å². The Morgan fingerprint density at radius 2 is 1.82 bits per heavy atom. The van der Waals surface area contributed by atoms with Gasteiger partial charge in [-0.1, -0.05) is 30.3 Å². The minimum atomic E-state index is -1.62. The predicted octanol–water partition coefficient (Wildman–Crippen LogP) is -0.180. The molecule has 0 aliphatic carbocycles. The molecule has 0 saturated carbocycles. The van der Waals surface area contributed by atoms with E-state index in [1.807, 2.05) is 37.4 Å². The standard InChI is InChI=1S/C20H27N3O5/c1-3-27-19(26)20(14-28-20)18(25)21-16(13-15-7-5-4-6-8-15)17(24)23-11-9-22(2)10-12-23/h4-8,16H,3,9-14H2,1-2H3,(H,21,25)/t16-,20-/m0/s1. The molecule has 0 radical (unpaired) electrons. The number of hydrogen-bond acceptors (Lipinski definition) is 6. The Hall–Kier alpha value is -2.45. The number of carbonyl (C=O) groups excluding carboxylic acids is 3. The average Bonchev–Trinajstić information content (AvgIpc) is 3.51. The lowest BCUT2D eigenvalue weighted by Crippen LogP contribution is -2.57. The molecule has 2 fully saturated rings. The molecule has 2 aliphatic heterocycles. The molecule has 8 heteroatoms. The first-order valence-corrected chi connectivity index (χ1v) is 9.59. The number of epoxide rings is 1. The van der Waals surface area contributed by atoms with Gasteiger partial charge in [-0.05, 0) is 19.5 Å². The fraction of sp³-hybridized carbons (Fsp3) is 0.550. The van der Waals surface area contributed by atoms with Crippen LogP contribution in [0, 0.1) is 0 Å². The van der Waals surface area contributed by atoms with E-state index in [2.05, 4.69) is 10.2 Å². The number of nitrogens with zero attached hydrogens (tertiary/aromatic N) is 2. The molecule has 0 spiro atoms. The van der Waals surface area contributed by atoms with Crippen molar-refractivity contribution in [3.05, 3.63) is 35.9 Å². The van der Waals surface area contributed by atoms with Crippen molar-refractivity contribution >= 4 is 17.8 Å². The normalized spacial score (nSPS) is 23.0. The minimum Gasteiger partial charge on any atom is -0.463 e. The van der Waals surface area contributed by atoms with Gasteiger partial charge in [0.25, 0.3) is 11.5 Å². The number of esters is 1. The van der Waals surface area contributed by atoms with E-state index in [1.54, 1.807) is 11.8 Å². The first kappa shape index (κ1) is 20.3. The summed E-state index contributed by atoms with van der Waals surface area (Å²) in [6, 6.07) is 8.72. The number of piperazine rings is 1. The van der Waals surface area contributed by atoms with Crippen LogP contribution in [0.4, 0.5) is 0 Å².